The Labute approximate surface area is 149 Å². The summed E-state index contributed by atoms with van der Waals surface area (Å²) in [5, 5.41) is 1.13. The standard InChI is InChI=1S/C19H17NO4S/c1-23-16(12-15-11-14-9-5-6-10-17(14)25-15)19(22)24-20-18(21)13-7-3-2-4-8-13/h2-11,16H,12H2,1H3,(H,20,21). The van der Waals surface area contributed by atoms with Crippen LogP contribution in [0.25, 0.3) is 10.1 Å². The number of nitrogens with one attached hydrogen (secondary N) is 1. The highest BCUT2D eigenvalue weighted by atomic mass is 32.1. The van der Waals surface area contributed by atoms with Gasteiger partial charge in [-0.2, -0.15) is 5.48 Å². The van der Waals surface area contributed by atoms with Crippen LogP contribution in [0.3, 0.4) is 0 Å². The van der Waals surface area contributed by atoms with Gasteiger partial charge in [0.2, 0.25) is 0 Å². The molecule has 0 aliphatic rings. The Morgan fingerprint density at radius 3 is 2.52 bits per heavy atom. The molecule has 1 unspecified atom stereocenters. The Hall–Kier alpha value is -2.70. The monoisotopic (exact) mass is 355 g/mol. The molecule has 0 aliphatic heterocycles. The van der Waals surface area contributed by atoms with Crippen molar-refractivity contribution in [3.63, 3.8) is 0 Å². The van der Waals surface area contributed by atoms with Crippen molar-refractivity contribution >= 4 is 33.3 Å². The van der Waals surface area contributed by atoms with Crippen LogP contribution in [0.2, 0.25) is 0 Å². The van der Waals surface area contributed by atoms with Gasteiger partial charge in [-0.3, -0.25) is 4.79 Å². The van der Waals surface area contributed by atoms with Gasteiger partial charge in [-0.15, -0.1) is 11.3 Å². The molecule has 3 rings (SSSR count). The molecule has 0 fully saturated rings. The predicted octanol–water partition coefficient (Wildman–Crippen LogP) is 3.35. The molecule has 0 aliphatic carbocycles. The second kappa shape index (κ2) is 7.92. The van der Waals surface area contributed by atoms with Crippen molar-refractivity contribution in [1.29, 1.82) is 0 Å². The normalized spacial score (nSPS) is 11.9. The van der Waals surface area contributed by atoms with E-state index in [0.717, 1.165) is 15.0 Å². The number of amides is 1. The average Bonchev–Trinajstić information content (AvgIpc) is 3.07. The summed E-state index contributed by atoms with van der Waals surface area (Å²) in [5.74, 6) is -1.12. The van der Waals surface area contributed by atoms with E-state index in [-0.39, 0.29) is 0 Å². The van der Waals surface area contributed by atoms with E-state index in [0.29, 0.717) is 12.0 Å². The maximum atomic E-state index is 12.2. The molecule has 0 saturated carbocycles. The summed E-state index contributed by atoms with van der Waals surface area (Å²) in [4.78, 5) is 30.0. The van der Waals surface area contributed by atoms with Crippen molar-refractivity contribution in [3.05, 3.63) is 71.1 Å². The summed E-state index contributed by atoms with van der Waals surface area (Å²) in [6, 6.07) is 18.6. The molecule has 1 amide bonds. The lowest BCUT2D eigenvalue weighted by Gasteiger charge is -2.13. The number of carbonyl (C=O) groups is 2. The molecule has 1 atom stereocenters. The molecular formula is C19H17NO4S. The Morgan fingerprint density at radius 2 is 1.80 bits per heavy atom. The number of ether oxygens (including phenoxy) is 1. The van der Waals surface area contributed by atoms with Crippen LogP contribution in [0.5, 0.6) is 0 Å². The zero-order valence-electron chi connectivity index (χ0n) is 13.6. The molecule has 3 aromatic rings. The van der Waals surface area contributed by atoms with Crippen LogP contribution in [0.15, 0.2) is 60.7 Å². The largest absolute Gasteiger partial charge is 0.369 e. The van der Waals surface area contributed by atoms with Crippen molar-refractivity contribution in [2.75, 3.05) is 7.11 Å². The SMILES string of the molecule is COC(Cc1cc2ccccc2s1)C(=O)ONC(=O)c1ccccc1. The summed E-state index contributed by atoms with van der Waals surface area (Å²) in [5.41, 5.74) is 2.57. The lowest BCUT2D eigenvalue weighted by atomic mass is 10.2. The fraction of sp³-hybridized carbons (Fsp3) is 0.158. The van der Waals surface area contributed by atoms with Crippen molar-refractivity contribution in [2.45, 2.75) is 12.5 Å². The minimum atomic E-state index is -0.788. The third-order valence-corrected chi connectivity index (χ3v) is 4.83. The molecule has 0 saturated heterocycles. The van der Waals surface area contributed by atoms with Gasteiger partial charge in [0.15, 0.2) is 6.10 Å². The molecular weight excluding hydrogens is 338 g/mol. The number of hydrogen-bond donors (Lipinski definition) is 1. The molecule has 6 heteroatoms. The van der Waals surface area contributed by atoms with Crippen LogP contribution in [0.1, 0.15) is 15.2 Å². The topological polar surface area (TPSA) is 64.6 Å². The Kier molecular flexibility index (Phi) is 5.42. The molecule has 0 spiro atoms. The average molecular weight is 355 g/mol. The van der Waals surface area contributed by atoms with Gasteiger partial charge >= 0.3 is 5.97 Å². The van der Waals surface area contributed by atoms with E-state index in [1.807, 2.05) is 30.3 Å². The van der Waals surface area contributed by atoms with Crippen LogP contribution < -0.4 is 5.48 Å². The van der Waals surface area contributed by atoms with Gasteiger partial charge in [0.05, 0.1) is 0 Å². The lowest BCUT2D eigenvalue weighted by Crippen LogP contribution is -2.35. The third-order valence-electron chi connectivity index (χ3n) is 3.69. The number of hydrogen-bond acceptors (Lipinski definition) is 5. The highest BCUT2D eigenvalue weighted by Gasteiger charge is 2.22. The van der Waals surface area contributed by atoms with Gasteiger partial charge in [0, 0.05) is 28.7 Å². The summed E-state index contributed by atoms with van der Waals surface area (Å²) in [6.45, 7) is 0. The summed E-state index contributed by atoms with van der Waals surface area (Å²) in [6.07, 6.45) is -0.403. The van der Waals surface area contributed by atoms with Crippen LogP contribution >= 0.6 is 11.3 Å². The van der Waals surface area contributed by atoms with Crippen molar-refractivity contribution in [2.24, 2.45) is 0 Å². The van der Waals surface area contributed by atoms with E-state index < -0.39 is 18.0 Å². The molecule has 0 bridgehead atoms. The van der Waals surface area contributed by atoms with Gasteiger partial charge in [-0.05, 0) is 29.7 Å². The number of thiophene rings is 1. The fourth-order valence-electron chi connectivity index (χ4n) is 2.39. The van der Waals surface area contributed by atoms with E-state index >= 15 is 0 Å². The number of rotatable bonds is 5. The highest BCUT2D eigenvalue weighted by molar-refractivity contribution is 7.19. The first-order chi connectivity index (χ1) is 12.2. The molecule has 25 heavy (non-hydrogen) atoms. The minimum absolute atomic E-state index is 0.385. The third kappa shape index (κ3) is 4.23. The van der Waals surface area contributed by atoms with Gasteiger partial charge < -0.3 is 9.57 Å². The maximum absolute atomic E-state index is 12.2. The van der Waals surface area contributed by atoms with Gasteiger partial charge in [-0.1, -0.05) is 36.4 Å². The molecule has 1 heterocycles. The first-order valence-corrected chi connectivity index (χ1v) is 8.55. The van der Waals surface area contributed by atoms with Crippen LogP contribution in [0, 0.1) is 0 Å². The molecule has 1 aromatic heterocycles. The second-order valence-electron chi connectivity index (χ2n) is 5.40. The van der Waals surface area contributed by atoms with Crippen molar-refractivity contribution < 1.29 is 19.2 Å². The molecule has 0 radical (unpaired) electrons. The smallest absolute Gasteiger partial charge is 0.361 e. The highest BCUT2D eigenvalue weighted by Crippen LogP contribution is 2.26. The first kappa shape index (κ1) is 17.1. The minimum Gasteiger partial charge on any atom is -0.369 e. The Balaban J connectivity index is 1.60. The first-order valence-electron chi connectivity index (χ1n) is 7.73. The number of fused-ring (bicyclic) bond motifs is 1. The van der Waals surface area contributed by atoms with Gasteiger partial charge in [0.1, 0.15) is 0 Å². The zero-order chi connectivity index (χ0) is 17.6. The number of benzene rings is 2. The maximum Gasteiger partial charge on any atom is 0.361 e. The van der Waals surface area contributed by atoms with E-state index in [2.05, 4.69) is 5.48 Å². The van der Waals surface area contributed by atoms with Crippen LogP contribution in [-0.2, 0) is 20.8 Å². The van der Waals surface area contributed by atoms with E-state index in [4.69, 9.17) is 9.57 Å². The summed E-state index contributed by atoms with van der Waals surface area (Å²) >= 11 is 1.60. The predicted molar refractivity (Wildman–Crippen MR) is 96.3 cm³/mol. The number of carbonyl (C=O) groups excluding carboxylic acids is 2. The van der Waals surface area contributed by atoms with E-state index in [1.165, 1.54) is 7.11 Å². The number of hydroxylamine groups is 1. The van der Waals surface area contributed by atoms with Crippen molar-refractivity contribution in [3.8, 4) is 0 Å². The molecule has 1 N–H and O–H groups in total. The molecule has 5 nitrogen and oxygen atoms in total. The van der Waals surface area contributed by atoms with Gasteiger partial charge in [0.25, 0.3) is 5.91 Å². The molecule has 128 valence electrons. The quantitative estimate of drug-likeness (QED) is 0.713. The summed E-state index contributed by atoms with van der Waals surface area (Å²) in [7, 11) is 1.44. The second-order valence-corrected chi connectivity index (χ2v) is 6.57. The summed E-state index contributed by atoms with van der Waals surface area (Å²) < 4.78 is 6.38. The van der Waals surface area contributed by atoms with Crippen molar-refractivity contribution in [1.82, 2.24) is 5.48 Å². The zero-order valence-corrected chi connectivity index (χ0v) is 14.4. The van der Waals surface area contributed by atoms with Crippen LogP contribution in [-0.4, -0.2) is 25.1 Å². The van der Waals surface area contributed by atoms with Gasteiger partial charge in [-0.25, -0.2) is 4.79 Å². The Morgan fingerprint density at radius 1 is 1.08 bits per heavy atom. The lowest BCUT2D eigenvalue weighted by molar-refractivity contribution is -0.160. The van der Waals surface area contributed by atoms with E-state index in [9.17, 15) is 9.59 Å². The molecule has 2 aromatic carbocycles. The Bertz CT molecular complexity index is 842. The number of methoxy groups -OCH3 is 1. The fourth-order valence-corrected chi connectivity index (χ4v) is 3.49. The van der Waals surface area contributed by atoms with Crippen LogP contribution in [0.4, 0.5) is 0 Å². The van der Waals surface area contributed by atoms with E-state index in [1.54, 1.807) is 41.7 Å².